The van der Waals surface area contributed by atoms with Crippen LogP contribution in [0.2, 0.25) is 5.02 Å². The van der Waals surface area contributed by atoms with E-state index in [0.717, 1.165) is 11.3 Å². The van der Waals surface area contributed by atoms with Crippen molar-refractivity contribution in [3.05, 3.63) is 98.6 Å². The molecule has 0 radical (unpaired) electrons. The number of nitrogens with one attached hydrogen (secondary N) is 1. The minimum absolute atomic E-state index is 0.0644. The molecule has 4 rings (SSSR count). The fourth-order valence-corrected chi connectivity index (χ4v) is 4.19. The Morgan fingerprint density at radius 1 is 1.18 bits per heavy atom. The van der Waals surface area contributed by atoms with Crippen molar-refractivity contribution in [3.8, 4) is 17.2 Å². The number of hydrogen-bond donors (Lipinski definition) is 3. The van der Waals surface area contributed by atoms with Crippen LogP contribution in [-0.2, 0) is 0 Å². The molecule has 0 saturated heterocycles. The van der Waals surface area contributed by atoms with Crippen LogP contribution in [0.25, 0.3) is 5.70 Å². The lowest BCUT2D eigenvalue weighted by Crippen LogP contribution is -2.89. The second-order valence-electron chi connectivity index (χ2n) is 7.75. The van der Waals surface area contributed by atoms with Crippen LogP contribution in [0.1, 0.15) is 35.8 Å². The normalized spacial score (nSPS) is 17.4. The van der Waals surface area contributed by atoms with Gasteiger partial charge in [0.05, 0.1) is 24.2 Å². The molecule has 0 fully saturated rings. The Morgan fingerprint density at radius 3 is 2.71 bits per heavy atom. The number of benzene rings is 3. The summed E-state index contributed by atoms with van der Waals surface area (Å²) in [5.41, 5.74) is 2.86. The number of ether oxygens (including phenoxy) is 2. The van der Waals surface area contributed by atoms with Gasteiger partial charge in [-0.15, -0.1) is 0 Å². The smallest absolute Gasteiger partial charge is 0.288 e. The number of nitrogens with two attached hydrogens (primary N) is 1. The van der Waals surface area contributed by atoms with Gasteiger partial charge in [0.25, 0.3) is 5.69 Å². The zero-order valence-corrected chi connectivity index (χ0v) is 19.5. The van der Waals surface area contributed by atoms with E-state index in [-0.39, 0.29) is 28.7 Å². The number of phenols is 1. The molecule has 0 spiro atoms. The van der Waals surface area contributed by atoms with Gasteiger partial charge >= 0.3 is 0 Å². The van der Waals surface area contributed by atoms with Gasteiger partial charge in [0.15, 0.2) is 17.7 Å². The molecule has 9 heteroatoms. The number of aromatic hydroxyl groups is 1. The molecule has 176 valence electrons. The SMILES string of the molecule is CCOc1cccc(C2C=C(c3cccc(OC)c3)NC(c3ccc(Cl)c([N+](=O)[O-])c3)[NH2+]2)c1O. The van der Waals surface area contributed by atoms with Gasteiger partial charge in [-0.2, -0.15) is 0 Å². The van der Waals surface area contributed by atoms with Crippen molar-refractivity contribution < 1.29 is 24.8 Å². The highest BCUT2D eigenvalue weighted by atomic mass is 35.5. The summed E-state index contributed by atoms with van der Waals surface area (Å²) in [6.45, 7) is 2.28. The number of rotatable bonds is 7. The summed E-state index contributed by atoms with van der Waals surface area (Å²) >= 11 is 6.04. The summed E-state index contributed by atoms with van der Waals surface area (Å²) in [5, 5.41) is 27.9. The van der Waals surface area contributed by atoms with E-state index in [9.17, 15) is 15.2 Å². The Bertz CT molecular complexity index is 1250. The summed E-state index contributed by atoms with van der Waals surface area (Å²) in [6.07, 6.45) is 1.61. The number of methoxy groups -OCH3 is 1. The number of nitro groups is 1. The molecule has 34 heavy (non-hydrogen) atoms. The van der Waals surface area contributed by atoms with E-state index < -0.39 is 4.92 Å². The molecule has 0 amide bonds. The van der Waals surface area contributed by atoms with Crippen LogP contribution < -0.4 is 20.1 Å². The Kier molecular flexibility index (Phi) is 6.90. The molecular weight excluding hydrogens is 458 g/mol. The van der Waals surface area contributed by atoms with Crippen molar-refractivity contribution in [2.45, 2.75) is 19.1 Å². The quantitative estimate of drug-likeness (QED) is 0.342. The molecule has 2 unspecified atom stereocenters. The summed E-state index contributed by atoms with van der Waals surface area (Å²) < 4.78 is 10.9. The van der Waals surface area contributed by atoms with Crippen molar-refractivity contribution in [3.63, 3.8) is 0 Å². The molecule has 3 aromatic carbocycles. The third-order valence-electron chi connectivity index (χ3n) is 5.65. The van der Waals surface area contributed by atoms with E-state index in [2.05, 4.69) is 5.32 Å². The van der Waals surface area contributed by atoms with Gasteiger partial charge in [-0.3, -0.25) is 10.1 Å². The first-order valence-corrected chi connectivity index (χ1v) is 11.1. The number of halogens is 1. The Balaban J connectivity index is 1.80. The third kappa shape index (κ3) is 4.78. The van der Waals surface area contributed by atoms with Crippen LogP contribution in [0.3, 0.4) is 0 Å². The average molecular weight is 483 g/mol. The maximum absolute atomic E-state index is 11.5. The number of hydrogen-bond acceptors (Lipinski definition) is 6. The third-order valence-corrected chi connectivity index (χ3v) is 5.97. The second kappa shape index (κ2) is 10.0. The zero-order chi connectivity index (χ0) is 24.2. The fraction of sp³-hybridized carbons (Fsp3) is 0.200. The summed E-state index contributed by atoms with van der Waals surface area (Å²) in [6, 6.07) is 17.4. The molecule has 8 nitrogen and oxygen atoms in total. The van der Waals surface area contributed by atoms with E-state index in [4.69, 9.17) is 21.1 Å². The van der Waals surface area contributed by atoms with E-state index in [1.54, 1.807) is 19.2 Å². The molecular formula is C25H25ClN3O5+. The Morgan fingerprint density at radius 2 is 1.97 bits per heavy atom. The van der Waals surface area contributed by atoms with E-state index in [1.165, 1.54) is 12.1 Å². The van der Waals surface area contributed by atoms with Crippen molar-refractivity contribution >= 4 is 23.0 Å². The lowest BCUT2D eigenvalue weighted by Gasteiger charge is -2.30. The van der Waals surface area contributed by atoms with Crippen molar-refractivity contribution in [2.24, 2.45) is 0 Å². The van der Waals surface area contributed by atoms with Crippen LogP contribution >= 0.6 is 11.6 Å². The Labute approximate surface area is 201 Å². The monoisotopic (exact) mass is 482 g/mol. The molecule has 0 saturated carbocycles. The van der Waals surface area contributed by atoms with Gasteiger partial charge in [-0.05, 0) is 43.3 Å². The first-order valence-electron chi connectivity index (χ1n) is 10.8. The minimum Gasteiger partial charge on any atom is -0.504 e. The van der Waals surface area contributed by atoms with Crippen molar-refractivity contribution in [2.75, 3.05) is 13.7 Å². The predicted octanol–water partition coefficient (Wildman–Crippen LogP) is 4.31. The fourth-order valence-electron chi connectivity index (χ4n) is 4.01. The number of nitrogens with zero attached hydrogens (tertiary/aromatic N) is 1. The van der Waals surface area contributed by atoms with Gasteiger partial charge in [-0.25, -0.2) is 0 Å². The molecule has 3 aromatic rings. The molecule has 0 bridgehead atoms. The average Bonchev–Trinajstić information content (AvgIpc) is 2.85. The molecule has 0 aliphatic carbocycles. The number of phenolic OH excluding ortho intramolecular Hbond substituents is 1. The van der Waals surface area contributed by atoms with Gasteiger partial charge < -0.3 is 25.2 Å². The van der Waals surface area contributed by atoms with Gasteiger partial charge in [-0.1, -0.05) is 29.8 Å². The van der Waals surface area contributed by atoms with Crippen LogP contribution in [0.4, 0.5) is 5.69 Å². The van der Waals surface area contributed by atoms with E-state index >= 15 is 0 Å². The molecule has 1 aliphatic rings. The van der Waals surface area contributed by atoms with E-state index in [0.29, 0.717) is 29.2 Å². The van der Waals surface area contributed by atoms with Gasteiger partial charge in [0, 0.05) is 29.0 Å². The summed E-state index contributed by atoms with van der Waals surface area (Å²) in [7, 11) is 1.60. The van der Waals surface area contributed by atoms with Crippen molar-refractivity contribution in [1.29, 1.82) is 0 Å². The highest BCUT2D eigenvalue weighted by Crippen LogP contribution is 2.36. The predicted molar refractivity (Wildman–Crippen MR) is 129 cm³/mol. The van der Waals surface area contributed by atoms with Crippen LogP contribution in [0, 0.1) is 10.1 Å². The van der Waals surface area contributed by atoms with Crippen LogP contribution in [-0.4, -0.2) is 23.7 Å². The molecule has 2 atom stereocenters. The van der Waals surface area contributed by atoms with Gasteiger partial charge in [0.1, 0.15) is 16.8 Å². The maximum Gasteiger partial charge on any atom is 0.288 e. The largest absolute Gasteiger partial charge is 0.504 e. The first-order chi connectivity index (χ1) is 16.4. The highest BCUT2D eigenvalue weighted by molar-refractivity contribution is 6.32. The van der Waals surface area contributed by atoms with E-state index in [1.807, 2.05) is 54.7 Å². The van der Waals surface area contributed by atoms with Crippen LogP contribution in [0.5, 0.6) is 17.2 Å². The molecule has 0 aromatic heterocycles. The Hall–Kier alpha value is -3.75. The highest BCUT2D eigenvalue weighted by Gasteiger charge is 2.31. The van der Waals surface area contributed by atoms with Gasteiger partial charge in [0.2, 0.25) is 0 Å². The molecule has 1 heterocycles. The lowest BCUT2D eigenvalue weighted by molar-refractivity contribution is -0.731. The minimum atomic E-state index is -0.498. The van der Waals surface area contributed by atoms with Crippen LogP contribution in [0.15, 0.2) is 66.7 Å². The zero-order valence-electron chi connectivity index (χ0n) is 18.7. The number of para-hydroxylation sites is 1. The topological polar surface area (TPSA) is 110 Å². The second-order valence-corrected chi connectivity index (χ2v) is 8.15. The summed E-state index contributed by atoms with van der Waals surface area (Å²) in [5.74, 6) is 1.17. The maximum atomic E-state index is 11.5. The summed E-state index contributed by atoms with van der Waals surface area (Å²) in [4.78, 5) is 11.0. The number of quaternary nitrogens is 1. The molecule has 4 N–H and O–H groups in total. The first kappa shape index (κ1) is 23.4. The van der Waals surface area contributed by atoms with Crippen molar-refractivity contribution in [1.82, 2.24) is 5.32 Å². The number of nitro benzene ring substituents is 1. The lowest BCUT2D eigenvalue weighted by atomic mass is 9.97. The standard InChI is InChI=1S/C25H24ClN3O5/c1-3-34-23-9-5-8-18(24(23)30)21-14-20(15-6-4-7-17(12-15)33-2)27-25(28-21)16-10-11-19(26)22(13-16)29(31)32/h4-14,21,25,27-28,30H,3H2,1-2H3/p+1. The molecule has 1 aliphatic heterocycles.